The molecule has 1 atom stereocenters. The first-order valence-corrected chi connectivity index (χ1v) is 9.62. The van der Waals surface area contributed by atoms with Crippen LogP contribution < -0.4 is 10.6 Å². The number of aromatic nitrogens is 1. The van der Waals surface area contributed by atoms with Gasteiger partial charge in [0.1, 0.15) is 18.1 Å². The van der Waals surface area contributed by atoms with Gasteiger partial charge < -0.3 is 24.2 Å². The molecule has 1 aliphatic heterocycles. The highest BCUT2D eigenvalue weighted by atomic mass is 16.5. The quantitative estimate of drug-likeness (QED) is 0.572. The second kappa shape index (κ2) is 9.08. The van der Waals surface area contributed by atoms with E-state index in [1.165, 1.54) is 0 Å². The first-order chi connectivity index (χ1) is 13.0. The van der Waals surface area contributed by atoms with Gasteiger partial charge in [-0.15, -0.1) is 0 Å². The maximum Gasteiger partial charge on any atom is 0.216 e. The highest BCUT2D eigenvalue weighted by molar-refractivity contribution is 5.79. The molecule has 1 saturated heterocycles. The molecule has 2 aromatic rings. The van der Waals surface area contributed by atoms with Gasteiger partial charge in [0, 0.05) is 31.5 Å². The summed E-state index contributed by atoms with van der Waals surface area (Å²) in [5.41, 5.74) is -0.0584. The summed E-state index contributed by atoms with van der Waals surface area (Å²) in [6, 6.07) is 3.87. The maximum atomic E-state index is 5.83. The molecule has 7 heteroatoms. The summed E-state index contributed by atoms with van der Waals surface area (Å²) in [5.74, 6) is 3.16. The van der Waals surface area contributed by atoms with Gasteiger partial charge in [0.15, 0.2) is 5.96 Å². The summed E-state index contributed by atoms with van der Waals surface area (Å²) < 4.78 is 16.9. The van der Waals surface area contributed by atoms with Crippen LogP contribution in [-0.4, -0.2) is 36.7 Å². The molecule has 2 N–H and O–H groups in total. The largest absolute Gasteiger partial charge is 0.469 e. The van der Waals surface area contributed by atoms with Gasteiger partial charge in [0.25, 0.3) is 0 Å². The Hall–Kier alpha value is -2.28. The lowest BCUT2D eigenvalue weighted by Crippen LogP contribution is -2.41. The Morgan fingerprint density at radius 1 is 1.33 bits per heavy atom. The number of hydrogen-bond acceptors (Lipinski definition) is 5. The van der Waals surface area contributed by atoms with Gasteiger partial charge in [-0.1, -0.05) is 20.8 Å². The highest BCUT2D eigenvalue weighted by Crippen LogP contribution is 2.22. The van der Waals surface area contributed by atoms with E-state index in [1.54, 1.807) is 12.5 Å². The van der Waals surface area contributed by atoms with Crippen LogP contribution in [0.4, 0.5) is 0 Å². The van der Waals surface area contributed by atoms with Gasteiger partial charge in [-0.05, 0) is 25.0 Å². The molecule has 0 radical (unpaired) electrons. The van der Waals surface area contributed by atoms with Gasteiger partial charge in [0.05, 0.1) is 18.6 Å². The minimum atomic E-state index is -0.0584. The van der Waals surface area contributed by atoms with E-state index < -0.39 is 0 Å². The topological polar surface area (TPSA) is 84.8 Å². The number of hydrogen-bond donors (Lipinski definition) is 2. The summed E-state index contributed by atoms with van der Waals surface area (Å²) in [6.07, 6.45) is 6.72. The molecule has 148 valence electrons. The standard InChI is InChI=1S/C20H30N4O3/c1-20(2,3)17-13-22-18(27-17)14-24-19(23-12-16-7-5-11-26-16)21-9-8-15-6-4-10-25-15/h4,6,10,13,16H,5,7-9,11-12,14H2,1-3H3,(H2,21,23,24). The van der Waals surface area contributed by atoms with E-state index in [4.69, 9.17) is 13.6 Å². The zero-order valence-corrected chi connectivity index (χ0v) is 16.5. The van der Waals surface area contributed by atoms with Crippen molar-refractivity contribution in [2.45, 2.75) is 58.1 Å². The summed E-state index contributed by atoms with van der Waals surface area (Å²) in [4.78, 5) is 8.97. The number of nitrogens with zero attached hydrogens (tertiary/aromatic N) is 2. The second-order valence-corrected chi connectivity index (χ2v) is 7.81. The number of nitrogens with one attached hydrogen (secondary N) is 2. The fraction of sp³-hybridized carbons (Fsp3) is 0.600. The molecule has 0 aromatic carbocycles. The van der Waals surface area contributed by atoms with Gasteiger partial charge in [-0.3, -0.25) is 0 Å². The van der Waals surface area contributed by atoms with E-state index in [9.17, 15) is 0 Å². The molecule has 7 nitrogen and oxygen atoms in total. The second-order valence-electron chi connectivity index (χ2n) is 7.81. The first-order valence-electron chi connectivity index (χ1n) is 9.62. The van der Waals surface area contributed by atoms with Crippen LogP contribution in [-0.2, 0) is 23.1 Å². The zero-order valence-electron chi connectivity index (χ0n) is 16.5. The molecule has 0 bridgehead atoms. The lowest BCUT2D eigenvalue weighted by molar-refractivity contribution is 0.114. The van der Waals surface area contributed by atoms with Gasteiger partial charge in [-0.2, -0.15) is 0 Å². The summed E-state index contributed by atoms with van der Waals surface area (Å²) in [7, 11) is 0. The van der Waals surface area contributed by atoms with E-state index >= 15 is 0 Å². The number of ether oxygens (including phenoxy) is 1. The van der Waals surface area contributed by atoms with Crippen molar-refractivity contribution >= 4 is 5.96 Å². The Labute approximate surface area is 160 Å². The number of oxazole rings is 1. The average molecular weight is 374 g/mol. The molecule has 2 aromatic heterocycles. The smallest absolute Gasteiger partial charge is 0.216 e. The third-order valence-corrected chi connectivity index (χ3v) is 4.43. The zero-order chi connectivity index (χ0) is 19.1. The molecular formula is C20H30N4O3. The Morgan fingerprint density at radius 3 is 2.89 bits per heavy atom. The predicted octanol–water partition coefficient (Wildman–Crippen LogP) is 3.02. The first kappa shape index (κ1) is 19.5. The Bertz CT molecular complexity index is 710. The van der Waals surface area contributed by atoms with Crippen LogP contribution in [0.15, 0.2) is 38.4 Å². The molecule has 0 saturated carbocycles. The molecule has 1 fully saturated rings. The number of guanidine groups is 1. The van der Waals surface area contributed by atoms with Crippen molar-refractivity contribution in [1.82, 2.24) is 15.6 Å². The van der Waals surface area contributed by atoms with E-state index in [-0.39, 0.29) is 11.5 Å². The number of rotatable bonds is 7. The van der Waals surface area contributed by atoms with Crippen LogP contribution >= 0.6 is 0 Å². The van der Waals surface area contributed by atoms with E-state index in [0.717, 1.165) is 56.4 Å². The Balaban J connectivity index is 1.56. The maximum absolute atomic E-state index is 5.83. The lowest BCUT2D eigenvalue weighted by atomic mass is 9.94. The van der Waals surface area contributed by atoms with Gasteiger partial charge in [0.2, 0.25) is 5.89 Å². The van der Waals surface area contributed by atoms with Crippen molar-refractivity contribution in [3.63, 3.8) is 0 Å². The van der Waals surface area contributed by atoms with E-state index in [0.29, 0.717) is 12.4 Å². The van der Waals surface area contributed by atoms with Crippen molar-refractivity contribution in [3.8, 4) is 0 Å². The fourth-order valence-electron chi connectivity index (χ4n) is 2.83. The van der Waals surface area contributed by atoms with Crippen LogP contribution in [0.3, 0.4) is 0 Å². The molecule has 1 unspecified atom stereocenters. The van der Waals surface area contributed by atoms with Crippen LogP contribution in [0.25, 0.3) is 0 Å². The lowest BCUT2D eigenvalue weighted by Gasteiger charge is -2.15. The minimum absolute atomic E-state index is 0.0584. The highest BCUT2D eigenvalue weighted by Gasteiger charge is 2.19. The molecule has 27 heavy (non-hydrogen) atoms. The SMILES string of the molecule is CC(C)(C)c1cnc(CN=C(NCCc2ccco2)NCC2CCCO2)o1. The van der Waals surface area contributed by atoms with Gasteiger partial charge >= 0.3 is 0 Å². The third kappa shape index (κ3) is 6.13. The number of aliphatic imine (C=N–C) groups is 1. The third-order valence-electron chi connectivity index (χ3n) is 4.43. The van der Waals surface area contributed by atoms with E-state index in [2.05, 4.69) is 41.4 Å². The molecule has 0 spiro atoms. The van der Waals surface area contributed by atoms with Crippen LogP contribution in [0, 0.1) is 0 Å². The number of furan rings is 1. The minimum Gasteiger partial charge on any atom is -0.469 e. The van der Waals surface area contributed by atoms with Crippen molar-refractivity contribution < 1.29 is 13.6 Å². The van der Waals surface area contributed by atoms with Crippen molar-refractivity contribution in [1.29, 1.82) is 0 Å². The molecule has 3 rings (SSSR count). The molecular weight excluding hydrogens is 344 g/mol. The Kier molecular flexibility index (Phi) is 6.55. The molecule has 0 amide bonds. The van der Waals surface area contributed by atoms with Crippen LogP contribution in [0.1, 0.15) is 51.0 Å². The summed E-state index contributed by atoms with van der Waals surface area (Å²) in [6.45, 7) is 9.01. The van der Waals surface area contributed by atoms with Crippen molar-refractivity contribution in [2.24, 2.45) is 4.99 Å². The van der Waals surface area contributed by atoms with E-state index in [1.807, 2.05) is 12.1 Å². The van der Waals surface area contributed by atoms with Crippen LogP contribution in [0.5, 0.6) is 0 Å². The fourth-order valence-corrected chi connectivity index (χ4v) is 2.83. The predicted molar refractivity (Wildman–Crippen MR) is 104 cm³/mol. The molecule has 3 heterocycles. The summed E-state index contributed by atoms with van der Waals surface area (Å²) >= 11 is 0. The molecule has 0 aliphatic carbocycles. The van der Waals surface area contributed by atoms with Crippen LogP contribution in [0.2, 0.25) is 0 Å². The monoisotopic (exact) mass is 374 g/mol. The van der Waals surface area contributed by atoms with Crippen molar-refractivity contribution in [2.75, 3.05) is 19.7 Å². The normalized spacial score (nSPS) is 18.0. The average Bonchev–Trinajstić information content (AvgIpc) is 3.39. The molecule has 1 aliphatic rings. The summed E-state index contributed by atoms with van der Waals surface area (Å²) in [5, 5.41) is 6.71. The Morgan fingerprint density at radius 2 is 2.22 bits per heavy atom. The van der Waals surface area contributed by atoms with Crippen molar-refractivity contribution in [3.05, 3.63) is 42.0 Å². The van der Waals surface area contributed by atoms with Gasteiger partial charge in [-0.25, -0.2) is 9.98 Å².